The van der Waals surface area contributed by atoms with Crippen LogP contribution in [0.1, 0.15) is 36.7 Å². The maximum absolute atomic E-state index is 12.3. The second-order valence-corrected chi connectivity index (χ2v) is 6.39. The van der Waals surface area contributed by atoms with E-state index in [1.807, 2.05) is 25.1 Å². The van der Waals surface area contributed by atoms with E-state index in [0.717, 1.165) is 36.4 Å². The van der Waals surface area contributed by atoms with Gasteiger partial charge in [-0.25, -0.2) is 0 Å². The van der Waals surface area contributed by atoms with Gasteiger partial charge in [-0.05, 0) is 37.5 Å². The summed E-state index contributed by atoms with van der Waals surface area (Å²) in [5.41, 5.74) is 2.84. The highest BCUT2D eigenvalue weighted by Crippen LogP contribution is 2.21. The molecule has 1 saturated heterocycles. The number of hydrogen-bond acceptors (Lipinski definition) is 3. The van der Waals surface area contributed by atoms with Gasteiger partial charge in [-0.1, -0.05) is 19.9 Å². The lowest BCUT2D eigenvalue weighted by Gasteiger charge is -2.27. The summed E-state index contributed by atoms with van der Waals surface area (Å²) >= 11 is 0. The summed E-state index contributed by atoms with van der Waals surface area (Å²) in [6.45, 7) is 11.3. The summed E-state index contributed by atoms with van der Waals surface area (Å²) < 4.78 is 0. The minimum absolute atomic E-state index is 0. The summed E-state index contributed by atoms with van der Waals surface area (Å²) in [5, 5.41) is 9.76. The lowest BCUT2D eigenvalue weighted by molar-refractivity contribution is 0.0941. The van der Waals surface area contributed by atoms with Gasteiger partial charge in [-0.15, -0.1) is 24.8 Å². The summed E-state index contributed by atoms with van der Waals surface area (Å²) in [7, 11) is 0. The third kappa shape index (κ3) is 5.87. The molecule has 6 heteroatoms. The lowest BCUT2D eigenvalue weighted by Crippen LogP contribution is -2.48. The first-order valence-corrected chi connectivity index (χ1v) is 7.84. The second kappa shape index (κ2) is 10.0. The Kier molecular flexibility index (Phi) is 9.59. The molecule has 2 rings (SSSR count). The van der Waals surface area contributed by atoms with Crippen molar-refractivity contribution >= 4 is 36.4 Å². The number of anilines is 1. The van der Waals surface area contributed by atoms with E-state index in [1.165, 1.54) is 0 Å². The highest BCUT2D eigenvalue weighted by Gasteiger charge is 2.19. The Balaban J connectivity index is 0.00000242. The molecular weight excluding hydrogens is 333 g/mol. The molecule has 23 heavy (non-hydrogen) atoms. The van der Waals surface area contributed by atoms with Crippen LogP contribution in [0, 0.1) is 18.8 Å². The van der Waals surface area contributed by atoms with E-state index >= 15 is 0 Å². The van der Waals surface area contributed by atoms with Crippen LogP contribution in [0.25, 0.3) is 0 Å². The number of carbonyl (C=O) groups excluding carboxylic acids is 1. The highest BCUT2D eigenvalue weighted by molar-refractivity contribution is 5.97. The Morgan fingerprint density at radius 1 is 1.26 bits per heavy atom. The molecule has 1 fully saturated rings. The van der Waals surface area contributed by atoms with Crippen molar-refractivity contribution < 1.29 is 4.79 Å². The minimum atomic E-state index is 0. The van der Waals surface area contributed by atoms with Crippen molar-refractivity contribution in [2.75, 3.05) is 25.0 Å². The molecule has 1 aromatic rings. The predicted octanol–water partition coefficient (Wildman–Crippen LogP) is 3.24. The van der Waals surface area contributed by atoms with Crippen molar-refractivity contribution in [2.24, 2.45) is 11.8 Å². The van der Waals surface area contributed by atoms with Crippen LogP contribution in [-0.4, -0.2) is 31.6 Å². The summed E-state index contributed by atoms with van der Waals surface area (Å²) in [6.07, 6.45) is 0. The first-order chi connectivity index (χ1) is 9.99. The van der Waals surface area contributed by atoms with Crippen molar-refractivity contribution in [3.05, 3.63) is 29.3 Å². The second-order valence-electron chi connectivity index (χ2n) is 6.39. The number of rotatable bonds is 6. The molecule has 0 bridgehead atoms. The quantitative estimate of drug-likeness (QED) is 0.728. The Morgan fingerprint density at radius 3 is 2.43 bits per heavy atom. The SMILES string of the molecule is Cc1c(NC(C)C(C)C)cccc1C(=O)NCC1CNC1.Cl.Cl. The molecular formula is C17H29Cl2N3O. The smallest absolute Gasteiger partial charge is 0.251 e. The largest absolute Gasteiger partial charge is 0.382 e. The molecule has 4 nitrogen and oxygen atoms in total. The number of benzene rings is 1. The zero-order valence-electron chi connectivity index (χ0n) is 14.3. The summed E-state index contributed by atoms with van der Waals surface area (Å²) in [6, 6.07) is 6.26. The molecule has 1 aliphatic heterocycles. The van der Waals surface area contributed by atoms with E-state index in [0.29, 0.717) is 17.9 Å². The number of halogens is 2. The first kappa shape index (κ1) is 22.0. The molecule has 3 N–H and O–H groups in total. The Labute approximate surface area is 152 Å². The van der Waals surface area contributed by atoms with E-state index in [4.69, 9.17) is 0 Å². The fourth-order valence-electron chi connectivity index (χ4n) is 2.28. The number of carbonyl (C=O) groups is 1. The standard InChI is InChI=1S/C17H27N3O.2ClH/c1-11(2)13(4)20-16-7-5-6-15(12(16)3)17(21)19-10-14-8-18-9-14;;/h5-7,11,13-14,18,20H,8-10H2,1-4H3,(H,19,21);2*1H. The number of amides is 1. The first-order valence-electron chi connectivity index (χ1n) is 7.84. The molecule has 0 spiro atoms. The van der Waals surface area contributed by atoms with Crippen molar-refractivity contribution in [2.45, 2.75) is 33.7 Å². The molecule has 1 heterocycles. The van der Waals surface area contributed by atoms with E-state index in [2.05, 4.69) is 36.7 Å². The van der Waals surface area contributed by atoms with Crippen molar-refractivity contribution in [1.29, 1.82) is 0 Å². The van der Waals surface area contributed by atoms with E-state index in [-0.39, 0.29) is 30.7 Å². The van der Waals surface area contributed by atoms with Crippen LogP contribution in [-0.2, 0) is 0 Å². The fraction of sp³-hybridized carbons (Fsp3) is 0.588. The molecule has 132 valence electrons. The molecule has 1 aliphatic rings. The molecule has 0 saturated carbocycles. The molecule has 1 amide bonds. The third-order valence-electron chi connectivity index (χ3n) is 4.38. The Hall–Kier alpha value is -0.970. The number of nitrogens with one attached hydrogen (secondary N) is 3. The van der Waals surface area contributed by atoms with Crippen LogP contribution in [0.5, 0.6) is 0 Å². The van der Waals surface area contributed by atoms with Crippen LogP contribution in [0.15, 0.2) is 18.2 Å². The lowest BCUT2D eigenvalue weighted by atomic mass is 10.0. The van der Waals surface area contributed by atoms with E-state index in [9.17, 15) is 4.79 Å². The van der Waals surface area contributed by atoms with Crippen LogP contribution in [0.3, 0.4) is 0 Å². The summed E-state index contributed by atoms with van der Waals surface area (Å²) in [5.74, 6) is 1.16. The zero-order chi connectivity index (χ0) is 15.4. The minimum Gasteiger partial charge on any atom is -0.382 e. The zero-order valence-corrected chi connectivity index (χ0v) is 15.9. The van der Waals surface area contributed by atoms with E-state index in [1.54, 1.807) is 0 Å². The van der Waals surface area contributed by atoms with Crippen molar-refractivity contribution in [3.8, 4) is 0 Å². The maximum atomic E-state index is 12.3. The monoisotopic (exact) mass is 361 g/mol. The topological polar surface area (TPSA) is 53.2 Å². The maximum Gasteiger partial charge on any atom is 0.251 e. The molecule has 0 aromatic heterocycles. The molecule has 0 aliphatic carbocycles. The van der Waals surface area contributed by atoms with Crippen LogP contribution >= 0.6 is 24.8 Å². The van der Waals surface area contributed by atoms with Crippen LogP contribution in [0.2, 0.25) is 0 Å². The molecule has 1 atom stereocenters. The Morgan fingerprint density at radius 2 is 1.91 bits per heavy atom. The summed E-state index contributed by atoms with van der Waals surface area (Å²) in [4.78, 5) is 12.3. The molecule has 1 unspecified atom stereocenters. The average molecular weight is 362 g/mol. The van der Waals surface area contributed by atoms with Gasteiger partial charge >= 0.3 is 0 Å². The third-order valence-corrected chi connectivity index (χ3v) is 4.38. The normalized spacial score (nSPS) is 15.0. The Bertz CT molecular complexity index is 505. The van der Waals surface area contributed by atoms with Gasteiger partial charge < -0.3 is 16.0 Å². The van der Waals surface area contributed by atoms with Gasteiger partial charge in [-0.3, -0.25) is 4.79 Å². The predicted molar refractivity (Wildman–Crippen MR) is 102 cm³/mol. The van der Waals surface area contributed by atoms with Crippen molar-refractivity contribution in [3.63, 3.8) is 0 Å². The van der Waals surface area contributed by atoms with Gasteiger partial charge in [0.15, 0.2) is 0 Å². The van der Waals surface area contributed by atoms with Gasteiger partial charge in [0.05, 0.1) is 0 Å². The van der Waals surface area contributed by atoms with Gasteiger partial charge in [-0.2, -0.15) is 0 Å². The van der Waals surface area contributed by atoms with Gasteiger partial charge in [0.1, 0.15) is 0 Å². The average Bonchev–Trinajstić information content (AvgIpc) is 2.39. The van der Waals surface area contributed by atoms with Gasteiger partial charge in [0, 0.05) is 42.8 Å². The van der Waals surface area contributed by atoms with E-state index < -0.39 is 0 Å². The van der Waals surface area contributed by atoms with Gasteiger partial charge in [0.25, 0.3) is 5.91 Å². The van der Waals surface area contributed by atoms with Crippen LogP contribution < -0.4 is 16.0 Å². The fourth-order valence-corrected chi connectivity index (χ4v) is 2.28. The van der Waals surface area contributed by atoms with Gasteiger partial charge in [0.2, 0.25) is 0 Å². The van der Waals surface area contributed by atoms with Crippen molar-refractivity contribution in [1.82, 2.24) is 10.6 Å². The number of hydrogen-bond donors (Lipinski definition) is 3. The highest BCUT2D eigenvalue weighted by atomic mass is 35.5. The van der Waals surface area contributed by atoms with Crippen LogP contribution in [0.4, 0.5) is 5.69 Å². The molecule has 0 radical (unpaired) electrons. The molecule has 1 aromatic carbocycles.